The van der Waals surface area contributed by atoms with Crippen LogP contribution in [0.2, 0.25) is 0 Å². The van der Waals surface area contributed by atoms with Gasteiger partial charge >= 0.3 is 0 Å². The van der Waals surface area contributed by atoms with Crippen molar-refractivity contribution >= 4 is 28.7 Å². The monoisotopic (exact) mass is 462 g/mol. The number of aliphatic imine (C=N–C) groups is 2. The Hall–Kier alpha value is -4.18. The van der Waals surface area contributed by atoms with Crippen molar-refractivity contribution in [2.24, 2.45) is 32.7 Å². The SMILES string of the molecule is Cc1ccccc1-n1c(CN2N=C(C#CC3CC3)C3C(N)=NC=NC32)cc2cccc(C)c2c1=O. The van der Waals surface area contributed by atoms with E-state index in [2.05, 4.69) is 27.9 Å². The Morgan fingerprint density at radius 2 is 1.89 bits per heavy atom. The molecule has 2 N–H and O–H groups in total. The minimum absolute atomic E-state index is 0.0356. The third-order valence-corrected chi connectivity index (χ3v) is 6.87. The Labute approximate surface area is 203 Å². The lowest BCUT2D eigenvalue weighted by Crippen LogP contribution is -2.42. The maximum atomic E-state index is 13.9. The van der Waals surface area contributed by atoms with Gasteiger partial charge in [0.15, 0.2) is 6.17 Å². The maximum Gasteiger partial charge on any atom is 0.263 e. The van der Waals surface area contributed by atoms with Crippen molar-refractivity contribution in [2.75, 3.05) is 0 Å². The van der Waals surface area contributed by atoms with Crippen LogP contribution >= 0.6 is 0 Å². The van der Waals surface area contributed by atoms with Crippen molar-refractivity contribution in [3.05, 3.63) is 75.7 Å². The summed E-state index contributed by atoms with van der Waals surface area (Å²) in [5, 5.41) is 8.38. The molecule has 3 heterocycles. The molecular formula is C28H26N6O. The van der Waals surface area contributed by atoms with Crippen LogP contribution < -0.4 is 11.3 Å². The number of nitrogens with zero attached hydrogens (tertiary/aromatic N) is 5. The van der Waals surface area contributed by atoms with Gasteiger partial charge in [0, 0.05) is 11.6 Å². The van der Waals surface area contributed by atoms with E-state index in [1.165, 1.54) is 6.34 Å². The molecule has 6 rings (SSSR count). The number of pyridine rings is 1. The first-order valence-electron chi connectivity index (χ1n) is 11.9. The fourth-order valence-electron chi connectivity index (χ4n) is 4.86. The Kier molecular flexibility index (Phi) is 5.03. The third kappa shape index (κ3) is 3.71. The van der Waals surface area contributed by atoms with Crippen molar-refractivity contribution in [1.29, 1.82) is 0 Å². The Morgan fingerprint density at radius 3 is 2.69 bits per heavy atom. The van der Waals surface area contributed by atoms with Gasteiger partial charge in [-0.25, -0.2) is 9.98 Å². The predicted octanol–water partition coefficient (Wildman–Crippen LogP) is 3.53. The third-order valence-electron chi connectivity index (χ3n) is 6.87. The molecule has 0 spiro atoms. The number of benzene rings is 2. The minimum Gasteiger partial charge on any atom is -0.386 e. The molecule has 3 aromatic rings. The van der Waals surface area contributed by atoms with Crippen molar-refractivity contribution in [2.45, 2.75) is 39.4 Å². The Balaban J connectivity index is 1.50. The minimum atomic E-state index is -0.329. The molecule has 1 aromatic heterocycles. The second kappa shape index (κ2) is 8.24. The lowest BCUT2D eigenvalue weighted by Gasteiger charge is -2.27. The zero-order valence-corrected chi connectivity index (χ0v) is 19.8. The number of aromatic nitrogens is 1. The Bertz CT molecular complexity index is 1560. The number of nitrogens with two attached hydrogens (primary N) is 1. The van der Waals surface area contributed by atoms with Crippen LogP contribution in [0.25, 0.3) is 16.5 Å². The quantitative estimate of drug-likeness (QED) is 0.604. The number of hydrogen-bond donors (Lipinski definition) is 1. The maximum absolute atomic E-state index is 13.9. The molecule has 1 aliphatic carbocycles. The summed E-state index contributed by atoms with van der Waals surface area (Å²) in [6, 6.07) is 16.0. The van der Waals surface area contributed by atoms with E-state index in [0.29, 0.717) is 24.0 Å². The van der Waals surface area contributed by atoms with Crippen LogP contribution in [0.5, 0.6) is 0 Å². The highest BCUT2D eigenvalue weighted by Crippen LogP contribution is 2.31. The molecule has 35 heavy (non-hydrogen) atoms. The Morgan fingerprint density at radius 1 is 1.09 bits per heavy atom. The molecule has 174 valence electrons. The molecule has 3 aliphatic rings. The predicted molar refractivity (Wildman–Crippen MR) is 140 cm³/mol. The zero-order valence-electron chi connectivity index (χ0n) is 19.8. The highest BCUT2D eigenvalue weighted by molar-refractivity contribution is 6.17. The molecule has 7 nitrogen and oxygen atoms in total. The molecule has 2 aliphatic heterocycles. The number of aryl methyl sites for hydroxylation is 2. The highest BCUT2D eigenvalue weighted by Gasteiger charge is 2.41. The molecule has 1 saturated carbocycles. The topological polar surface area (TPSA) is 88.3 Å². The lowest BCUT2D eigenvalue weighted by molar-refractivity contribution is 0.210. The molecule has 0 bridgehead atoms. The molecule has 2 atom stereocenters. The summed E-state index contributed by atoms with van der Waals surface area (Å²) in [5.41, 5.74) is 10.6. The first kappa shape index (κ1) is 21.4. The normalized spacial score (nSPS) is 20.8. The van der Waals surface area contributed by atoms with Crippen molar-refractivity contribution in [3.63, 3.8) is 0 Å². The van der Waals surface area contributed by atoms with Gasteiger partial charge in [-0.15, -0.1) is 0 Å². The number of para-hydroxylation sites is 1. The van der Waals surface area contributed by atoms with Crippen LogP contribution in [0.4, 0.5) is 0 Å². The summed E-state index contributed by atoms with van der Waals surface area (Å²) >= 11 is 0. The van der Waals surface area contributed by atoms with E-state index in [1.54, 1.807) is 0 Å². The fraction of sp³-hybridized carbons (Fsp3) is 0.286. The molecule has 1 fully saturated rings. The molecule has 0 saturated heterocycles. The van der Waals surface area contributed by atoms with Gasteiger partial charge in [-0.2, -0.15) is 5.10 Å². The first-order valence-corrected chi connectivity index (χ1v) is 11.9. The molecule has 2 aromatic carbocycles. The molecular weight excluding hydrogens is 436 g/mol. The van der Waals surface area contributed by atoms with Gasteiger partial charge in [0.05, 0.1) is 17.6 Å². The summed E-state index contributed by atoms with van der Waals surface area (Å²) < 4.78 is 1.81. The summed E-state index contributed by atoms with van der Waals surface area (Å²) in [4.78, 5) is 22.7. The first-order chi connectivity index (χ1) is 17.0. The average molecular weight is 463 g/mol. The van der Waals surface area contributed by atoms with Crippen molar-refractivity contribution < 1.29 is 0 Å². The molecule has 2 unspecified atom stereocenters. The van der Waals surface area contributed by atoms with Crippen LogP contribution in [0.15, 0.2) is 68.4 Å². The van der Waals surface area contributed by atoms with Crippen LogP contribution in [0.1, 0.15) is 29.7 Å². The van der Waals surface area contributed by atoms with E-state index in [9.17, 15) is 4.79 Å². The van der Waals surface area contributed by atoms with Gasteiger partial charge in [-0.1, -0.05) is 42.3 Å². The summed E-state index contributed by atoms with van der Waals surface area (Å²) in [6.45, 7) is 4.38. The molecule has 0 amide bonds. The summed E-state index contributed by atoms with van der Waals surface area (Å²) in [6.07, 6.45) is 3.44. The zero-order chi connectivity index (χ0) is 24.1. The van der Waals surface area contributed by atoms with E-state index < -0.39 is 0 Å². The van der Waals surface area contributed by atoms with E-state index in [-0.39, 0.29) is 17.6 Å². The highest BCUT2D eigenvalue weighted by atomic mass is 16.1. The molecule has 7 heteroatoms. The van der Waals surface area contributed by atoms with Gasteiger partial charge < -0.3 is 5.73 Å². The van der Waals surface area contributed by atoms with Gasteiger partial charge in [-0.3, -0.25) is 14.4 Å². The van der Waals surface area contributed by atoms with E-state index >= 15 is 0 Å². The largest absolute Gasteiger partial charge is 0.386 e. The van der Waals surface area contributed by atoms with Crippen LogP contribution in [0.3, 0.4) is 0 Å². The number of amidine groups is 1. The second-order valence-corrected chi connectivity index (χ2v) is 9.44. The van der Waals surface area contributed by atoms with Crippen molar-refractivity contribution in [1.82, 2.24) is 9.58 Å². The van der Waals surface area contributed by atoms with E-state index in [0.717, 1.165) is 46.1 Å². The number of rotatable bonds is 3. The van der Waals surface area contributed by atoms with Crippen LogP contribution in [0, 0.1) is 37.5 Å². The fourth-order valence-corrected chi connectivity index (χ4v) is 4.86. The number of hydrogen-bond acceptors (Lipinski definition) is 6. The van der Waals surface area contributed by atoms with Crippen LogP contribution in [-0.4, -0.2) is 33.6 Å². The smallest absolute Gasteiger partial charge is 0.263 e. The van der Waals surface area contributed by atoms with Gasteiger partial charge in [0.25, 0.3) is 5.56 Å². The number of fused-ring (bicyclic) bond motifs is 2. The summed E-state index contributed by atoms with van der Waals surface area (Å²) in [5.74, 6) is 7.20. The van der Waals surface area contributed by atoms with Crippen molar-refractivity contribution in [3.8, 4) is 17.5 Å². The molecule has 0 radical (unpaired) electrons. The van der Waals surface area contributed by atoms with E-state index in [4.69, 9.17) is 10.8 Å². The second-order valence-electron chi connectivity index (χ2n) is 9.44. The van der Waals surface area contributed by atoms with Gasteiger partial charge in [0.1, 0.15) is 23.8 Å². The van der Waals surface area contributed by atoms with Gasteiger partial charge in [-0.05, 0) is 61.3 Å². The summed E-state index contributed by atoms with van der Waals surface area (Å²) in [7, 11) is 0. The lowest BCUT2D eigenvalue weighted by atomic mass is 9.99. The number of hydrazone groups is 1. The van der Waals surface area contributed by atoms with Crippen LogP contribution in [-0.2, 0) is 6.54 Å². The van der Waals surface area contributed by atoms with E-state index in [1.807, 2.05) is 65.9 Å². The van der Waals surface area contributed by atoms with Gasteiger partial charge in [0.2, 0.25) is 0 Å². The average Bonchev–Trinajstić information content (AvgIpc) is 3.60. The standard InChI is InChI=1S/C28H26N6O/c1-17-6-3-4-9-23(17)34-21(14-20-8-5-7-18(2)24(20)28(34)35)15-33-27-25(26(29)30-16-31-27)22(32-33)13-12-19-10-11-19/h3-9,14,16,19,25,27H,10-11,15H2,1-2H3,(H2,29,30,31).